The summed E-state index contributed by atoms with van der Waals surface area (Å²) in [6.07, 6.45) is -0.999. The zero-order valence-electron chi connectivity index (χ0n) is 23.1. The molecule has 0 atom stereocenters. The van der Waals surface area contributed by atoms with Crippen molar-refractivity contribution < 1.29 is 32.3 Å². The maximum Gasteiger partial charge on any atom is 0.416 e. The van der Waals surface area contributed by atoms with Crippen molar-refractivity contribution in [1.82, 2.24) is 24.8 Å². The van der Waals surface area contributed by atoms with E-state index in [1.807, 2.05) is 23.8 Å². The van der Waals surface area contributed by atoms with E-state index in [0.29, 0.717) is 56.0 Å². The Bertz CT molecular complexity index is 1390. The Morgan fingerprint density at radius 2 is 1.86 bits per heavy atom. The number of carboxylic acid groups (broad SMARTS) is 1. The monoisotopic (exact) mass is 609 g/mol. The van der Waals surface area contributed by atoms with Gasteiger partial charge in [0.1, 0.15) is 17.3 Å². The fourth-order valence-electron chi connectivity index (χ4n) is 4.55. The van der Waals surface area contributed by atoms with Crippen LogP contribution in [0.15, 0.2) is 30.6 Å². The number of alkyl halides is 3. The maximum absolute atomic E-state index is 14.2. The zero-order valence-corrected chi connectivity index (χ0v) is 23.9. The predicted octanol–water partition coefficient (Wildman–Crippen LogP) is 4.45. The summed E-state index contributed by atoms with van der Waals surface area (Å²) in [5, 5.41) is 11.6. The molecule has 10 nitrogen and oxygen atoms in total. The van der Waals surface area contributed by atoms with Crippen LogP contribution >= 0.6 is 11.3 Å². The SMILES string of the molecule is CCCN(C)Cc1sc(NC(=O)c2cnc(N3CCN(CCC(=O)O)CC3)cn2)nc1-c1cc(F)cc(C(F)(F)F)c1. The molecule has 0 unspecified atom stereocenters. The third kappa shape index (κ3) is 8.20. The molecule has 2 aromatic heterocycles. The normalized spacial score (nSPS) is 14.4. The number of nitrogens with one attached hydrogen (secondary N) is 1. The molecule has 226 valence electrons. The van der Waals surface area contributed by atoms with Gasteiger partial charge in [0, 0.05) is 49.7 Å². The van der Waals surface area contributed by atoms with Crippen molar-refractivity contribution in [3.05, 3.63) is 52.5 Å². The Morgan fingerprint density at radius 1 is 1.12 bits per heavy atom. The first-order chi connectivity index (χ1) is 19.9. The van der Waals surface area contributed by atoms with Crippen LogP contribution < -0.4 is 10.2 Å². The molecule has 1 aromatic carbocycles. The number of amides is 1. The number of aliphatic carboxylic acids is 1. The van der Waals surface area contributed by atoms with E-state index in [1.54, 1.807) is 0 Å². The molecule has 42 heavy (non-hydrogen) atoms. The van der Waals surface area contributed by atoms with Gasteiger partial charge in [0.25, 0.3) is 5.91 Å². The first-order valence-corrected chi connectivity index (χ1v) is 14.1. The highest BCUT2D eigenvalue weighted by Crippen LogP contribution is 2.37. The topological polar surface area (TPSA) is 115 Å². The average molecular weight is 610 g/mol. The fourth-order valence-corrected chi connectivity index (χ4v) is 5.61. The molecule has 0 radical (unpaired) electrons. The Morgan fingerprint density at radius 3 is 2.48 bits per heavy atom. The molecule has 1 fully saturated rings. The van der Waals surface area contributed by atoms with E-state index in [4.69, 9.17) is 5.11 Å². The molecule has 0 saturated carbocycles. The number of carboxylic acids is 1. The van der Waals surface area contributed by atoms with Gasteiger partial charge >= 0.3 is 12.1 Å². The summed E-state index contributed by atoms with van der Waals surface area (Å²) in [5.41, 5.74) is -0.982. The van der Waals surface area contributed by atoms with Crippen molar-refractivity contribution in [2.45, 2.75) is 32.5 Å². The molecular formula is C27H31F4N7O3S. The van der Waals surface area contributed by atoms with Crippen LogP contribution in [-0.4, -0.2) is 88.1 Å². The lowest BCUT2D eigenvalue weighted by atomic mass is 10.1. The third-order valence-electron chi connectivity index (χ3n) is 6.64. The number of benzene rings is 1. The van der Waals surface area contributed by atoms with Crippen molar-refractivity contribution in [3.8, 4) is 11.3 Å². The second-order valence-electron chi connectivity index (χ2n) is 9.94. The number of hydrogen-bond donors (Lipinski definition) is 2. The molecule has 0 aliphatic carbocycles. The molecule has 1 amide bonds. The lowest BCUT2D eigenvalue weighted by Crippen LogP contribution is -2.47. The quantitative estimate of drug-likeness (QED) is 0.305. The standard InChI is InChI=1S/C27H31F4N7O3S/c1-3-5-36(2)16-21-24(17-11-18(27(29,30)31)13-19(28)12-17)34-26(42-21)35-25(41)20-14-33-22(15-32-20)38-9-7-37(8-10-38)6-4-23(39)40/h11-15H,3-10,16H2,1-2H3,(H,39,40)(H,34,35,41). The van der Waals surface area contributed by atoms with Crippen LogP contribution in [0.4, 0.5) is 28.5 Å². The predicted molar refractivity (Wildman–Crippen MR) is 150 cm³/mol. The third-order valence-corrected chi connectivity index (χ3v) is 7.60. The van der Waals surface area contributed by atoms with E-state index in [0.717, 1.165) is 36.4 Å². The lowest BCUT2D eigenvalue weighted by molar-refractivity contribution is -0.138. The van der Waals surface area contributed by atoms with E-state index < -0.39 is 29.4 Å². The number of carbonyl (C=O) groups excluding carboxylic acids is 1. The van der Waals surface area contributed by atoms with E-state index >= 15 is 0 Å². The van der Waals surface area contributed by atoms with Crippen LogP contribution in [0.2, 0.25) is 0 Å². The van der Waals surface area contributed by atoms with Gasteiger partial charge in [0.15, 0.2) is 5.13 Å². The van der Waals surface area contributed by atoms with Crippen molar-refractivity contribution >= 4 is 34.2 Å². The number of thiazole rings is 1. The van der Waals surface area contributed by atoms with Crippen molar-refractivity contribution in [2.75, 3.05) is 56.5 Å². The minimum Gasteiger partial charge on any atom is -0.481 e. The Labute approximate surface area is 244 Å². The second kappa shape index (κ2) is 13.5. The van der Waals surface area contributed by atoms with Crippen LogP contribution in [0, 0.1) is 5.82 Å². The van der Waals surface area contributed by atoms with Gasteiger partial charge in [-0.25, -0.2) is 19.3 Å². The molecule has 15 heteroatoms. The molecule has 4 rings (SSSR count). The molecule has 0 bridgehead atoms. The Hall–Kier alpha value is -3.69. The molecule has 0 spiro atoms. The molecule has 1 saturated heterocycles. The summed E-state index contributed by atoms with van der Waals surface area (Å²) in [6.45, 7) is 6.14. The van der Waals surface area contributed by atoms with Crippen molar-refractivity contribution in [2.24, 2.45) is 0 Å². The lowest BCUT2D eigenvalue weighted by Gasteiger charge is -2.34. The number of carbonyl (C=O) groups is 2. The number of anilines is 2. The van der Waals surface area contributed by atoms with E-state index in [1.165, 1.54) is 12.4 Å². The van der Waals surface area contributed by atoms with Crippen LogP contribution in [0.5, 0.6) is 0 Å². The largest absolute Gasteiger partial charge is 0.481 e. The van der Waals surface area contributed by atoms with Gasteiger partial charge < -0.3 is 14.9 Å². The number of hydrogen-bond acceptors (Lipinski definition) is 9. The molecule has 1 aliphatic heterocycles. The van der Waals surface area contributed by atoms with E-state index in [9.17, 15) is 27.2 Å². The highest BCUT2D eigenvalue weighted by atomic mass is 32.1. The first kappa shape index (κ1) is 31.3. The highest BCUT2D eigenvalue weighted by Gasteiger charge is 2.32. The summed E-state index contributed by atoms with van der Waals surface area (Å²) in [7, 11) is 1.85. The molecule has 3 heterocycles. The van der Waals surface area contributed by atoms with E-state index in [-0.39, 0.29) is 28.5 Å². The smallest absolute Gasteiger partial charge is 0.416 e. The van der Waals surface area contributed by atoms with Crippen LogP contribution in [0.1, 0.15) is 40.7 Å². The van der Waals surface area contributed by atoms with Gasteiger partial charge in [-0.05, 0) is 38.2 Å². The number of piperazine rings is 1. The summed E-state index contributed by atoms with van der Waals surface area (Å²) in [4.78, 5) is 43.3. The summed E-state index contributed by atoms with van der Waals surface area (Å²) < 4.78 is 54.3. The molecule has 2 N–H and O–H groups in total. The Balaban J connectivity index is 1.49. The number of aromatic nitrogens is 3. The van der Waals surface area contributed by atoms with Crippen LogP contribution in [-0.2, 0) is 17.5 Å². The van der Waals surface area contributed by atoms with Gasteiger partial charge in [-0.3, -0.25) is 19.8 Å². The number of nitrogens with zero attached hydrogens (tertiary/aromatic N) is 6. The minimum atomic E-state index is -4.73. The summed E-state index contributed by atoms with van der Waals surface area (Å²) in [6, 6.07) is 2.28. The number of halogens is 4. The minimum absolute atomic E-state index is 0.0189. The van der Waals surface area contributed by atoms with Gasteiger partial charge in [0.2, 0.25) is 0 Å². The Kier molecular flexibility index (Phi) is 10.1. The first-order valence-electron chi connectivity index (χ1n) is 13.3. The van der Waals surface area contributed by atoms with Crippen molar-refractivity contribution in [3.63, 3.8) is 0 Å². The van der Waals surface area contributed by atoms with E-state index in [2.05, 4.69) is 25.2 Å². The molecule has 1 aliphatic rings. The van der Waals surface area contributed by atoms with Gasteiger partial charge in [-0.15, -0.1) is 0 Å². The van der Waals surface area contributed by atoms with Crippen LogP contribution in [0.25, 0.3) is 11.3 Å². The van der Waals surface area contributed by atoms with Gasteiger partial charge in [-0.2, -0.15) is 13.2 Å². The molecular weight excluding hydrogens is 578 g/mol. The summed E-state index contributed by atoms with van der Waals surface area (Å²) in [5.74, 6) is -1.90. The van der Waals surface area contributed by atoms with Gasteiger partial charge in [0.05, 0.1) is 30.1 Å². The van der Waals surface area contributed by atoms with Crippen molar-refractivity contribution in [1.29, 1.82) is 0 Å². The summed E-state index contributed by atoms with van der Waals surface area (Å²) >= 11 is 1.10. The van der Waals surface area contributed by atoms with Crippen LogP contribution in [0.3, 0.4) is 0 Å². The second-order valence-corrected chi connectivity index (χ2v) is 11.0. The maximum atomic E-state index is 14.2. The fraction of sp³-hybridized carbons (Fsp3) is 0.444. The average Bonchev–Trinajstić information content (AvgIpc) is 3.33. The highest BCUT2D eigenvalue weighted by molar-refractivity contribution is 7.16. The zero-order chi connectivity index (χ0) is 30.4. The van der Waals surface area contributed by atoms with Gasteiger partial charge in [-0.1, -0.05) is 18.3 Å². The molecule has 3 aromatic rings. The number of rotatable bonds is 11.